The predicted octanol–water partition coefficient (Wildman–Crippen LogP) is 2.24. The number of halogens is 1. The summed E-state index contributed by atoms with van der Waals surface area (Å²) in [5.74, 6) is -1.24. The van der Waals surface area contributed by atoms with E-state index in [9.17, 15) is 13.2 Å². The zero-order valence-corrected chi connectivity index (χ0v) is 13.7. The standard InChI is InChI=1S/C13H15BrN2O4S/c1-2-3-6-11(13(17)18)16-21(19,20)12-7-4-5-10(14)9(12)8-15/h4-5,7,11,16H,2-3,6H2,1H3,(H,17,18). The monoisotopic (exact) mass is 374 g/mol. The van der Waals surface area contributed by atoms with Crippen LogP contribution in [0.2, 0.25) is 0 Å². The smallest absolute Gasteiger partial charge is 0.321 e. The molecule has 0 radical (unpaired) electrons. The molecule has 21 heavy (non-hydrogen) atoms. The van der Waals surface area contributed by atoms with Crippen LogP contribution in [0.3, 0.4) is 0 Å². The molecule has 1 aromatic carbocycles. The van der Waals surface area contributed by atoms with Crippen molar-refractivity contribution in [3.05, 3.63) is 28.2 Å². The lowest BCUT2D eigenvalue weighted by molar-refractivity contribution is -0.139. The van der Waals surface area contributed by atoms with Gasteiger partial charge in [-0.05, 0) is 34.5 Å². The summed E-state index contributed by atoms with van der Waals surface area (Å²) < 4.78 is 27.1. The number of nitriles is 1. The van der Waals surface area contributed by atoms with Crippen LogP contribution < -0.4 is 4.72 Å². The highest BCUT2D eigenvalue weighted by Crippen LogP contribution is 2.23. The number of carboxylic acid groups (broad SMARTS) is 1. The van der Waals surface area contributed by atoms with E-state index in [1.165, 1.54) is 12.1 Å². The van der Waals surface area contributed by atoms with Gasteiger partial charge in [-0.15, -0.1) is 0 Å². The van der Waals surface area contributed by atoms with Crippen molar-refractivity contribution in [3.63, 3.8) is 0 Å². The highest BCUT2D eigenvalue weighted by Gasteiger charge is 2.27. The molecule has 0 spiro atoms. The second-order valence-corrected chi connectivity index (χ2v) is 6.92. The number of hydrogen-bond donors (Lipinski definition) is 2. The molecule has 0 aliphatic carbocycles. The van der Waals surface area contributed by atoms with Crippen molar-refractivity contribution in [1.82, 2.24) is 4.72 Å². The van der Waals surface area contributed by atoms with Crippen molar-refractivity contribution >= 4 is 31.9 Å². The van der Waals surface area contributed by atoms with Crippen molar-refractivity contribution in [1.29, 1.82) is 5.26 Å². The van der Waals surface area contributed by atoms with Crippen LogP contribution >= 0.6 is 15.9 Å². The first-order valence-electron chi connectivity index (χ1n) is 6.27. The van der Waals surface area contributed by atoms with Gasteiger partial charge in [0.15, 0.2) is 0 Å². The average molecular weight is 375 g/mol. The van der Waals surface area contributed by atoms with E-state index >= 15 is 0 Å². The molecular weight excluding hydrogens is 360 g/mol. The summed E-state index contributed by atoms with van der Waals surface area (Å²) in [4.78, 5) is 10.9. The number of carboxylic acids is 1. The number of carbonyl (C=O) groups is 1. The molecule has 8 heteroatoms. The van der Waals surface area contributed by atoms with Gasteiger partial charge in [-0.25, -0.2) is 8.42 Å². The number of rotatable bonds is 7. The van der Waals surface area contributed by atoms with E-state index in [4.69, 9.17) is 10.4 Å². The van der Waals surface area contributed by atoms with Gasteiger partial charge in [0.25, 0.3) is 0 Å². The summed E-state index contributed by atoms with van der Waals surface area (Å²) in [6.45, 7) is 1.88. The molecular formula is C13H15BrN2O4S. The van der Waals surface area contributed by atoms with Crippen molar-refractivity contribution < 1.29 is 18.3 Å². The Hall–Kier alpha value is -1.43. The van der Waals surface area contributed by atoms with Gasteiger partial charge in [0.2, 0.25) is 10.0 Å². The maximum Gasteiger partial charge on any atom is 0.321 e. The second kappa shape index (κ2) is 7.54. The molecule has 6 nitrogen and oxygen atoms in total. The minimum Gasteiger partial charge on any atom is -0.480 e. The fourth-order valence-electron chi connectivity index (χ4n) is 1.73. The Morgan fingerprint density at radius 1 is 1.52 bits per heavy atom. The largest absolute Gasteiger partial charge is 0.480 e. The molecule has 114 valence electrons. The Morgan fingerprint density at radius 3 is 2.71 bits per heavy atom. The number of aliphatic carboxylic acids is 1. The molecule has 0 aliphatic heterocycles. The van der Waals surface area contributed by atoms with E-state index in [0.29, 0.717) is 10.9 Å². The van der Waals surface area contributed by atoms with Gasteiger partial charge in [-0.1, -0.05) is 25.8 Å². The Kier molecular flexibility index (Phi) is 6.33. The lowest BCUT2D eigenvalue weighted by atomic mass is 10.1. The predicted molar refractivity (Wildman–Crippen MR) is 80.1 cm³/mol. The minimum atomic E-state index is -4.08. The van der Waals surface area contributed by atoms with E-state index in [1.54, 1.807) is 12.1 Å². The molecule has 0 bridgehead atoms. The van der Waals surface area contributed by atoms with Gasteiger partial charge >= 0.3 is 5.97 Å². The summed E-state index contributed by atoms with van der Waals surface area (Å²) in [6.07, 6.45) is 1.54. The van der Waals surface area contributed by atoms with Crippen molar-refractivity contribution in [2.45, 2.75) is 37.1 Å². The molecule has 2 N–H and O–H groups in total. The molecule has 1 rings (SSSR count). The zero-order chi connectivity index (χ0) is 16.0. The van der Waals surface area contributed by atoms with Gasteiger partial charge in [-0.2, -0.15) is 9.98 Å². The molecule has 0 aromatic heterocycles. The summed E-state index contributed by atoms with van der Waals surface area (Å²) in [5, 5.41) is 18.1. The summed E-state index contributed by atoms with van der Waals surface area (Å²) in [7, 11) is -4.08. The van der Waals surface area contributed by atoms with Crippen molar-refractivity contribution in [2.75, 3.05) is 0 Å². The third-order valence-electron chi connectivity index (χ3n) is 2.82. The van der Waals surface area contributed by atoms with Crippen molar-refractivity contribution in [2.24, 2.45) is 0 Å². The second-order valence-electron chi connectivity index (χ2n) is 4.38. The van der Waals surface area contributed by atoms with Crippen LogP contribution in [-0.4, -0.2) is 25.5 Å². The van der Waals surface area contributed by atoms with Crippen molar-refractivity contribution in [3.8, 4) is 6.07 Å². The van der Waals surface area contributed by atoms with Crippen LogP contribution in [0.15, 0.2) is 27.6 Å². The highest BCUT2D eigenvalue weighted by atomic mass is 79.9. The van der Waals surface area contributed by atoms with E-state index in [0.717, 1.165) is 6.42 Å². The van der Waals surface area contributed by atoms with Gasteiger partial charge in [0.05, 0.1) is 5.56 Å². The number of nitrogens with one attached hydrogen (secondary N) is 1. The molecule has 0 saturated heterocycles. The van der Waals surface area contributed by atoms with E-state index in [-0.39, 0.29) is 16.9 Å². The first kappa shape index (κ1) is 17.6. The fourth-order valence-corrected chi connectivity index (χ4v) is 3.72. The molecule has 1 unspecified atom stereocenters. The maximum atomic E-state index is 12.3. The molecule has 0 aliphatic rings. The van der Waals surface area contributed by atoms with Crippen LogP contribution in [0.25, 0.3) is 0 Å². The topological polar surface area (TPSA) is 107 Å². The molecule has 1 atom stereocenters. The lowest BCUT2D eigenvalue weighted by Gasteiger charge is -2.15. The van der Waals surface area contributed by atoms with Gasteiger partial charge in [0.1, 0.15) is 17.0 Å². The lowest BCUT2D eigenvalue weighted by Crippen LogP contribution is -2.40. The van der Waals surface area contributed by atoms with Crippen LogP contribution in [0, 0.1) is 11.3 Å². The SMILES string of the molecule is CCCCC(NS(=O)(=O)c1cccc(Br)c1C#N)C(=O)O. The number of benzene rings is 1. The van der Waals surface area contributed by atoms with Gasteiger partial charge in [-0.3, -0.25) is 4.79 Å². The zero-order valence-electron chi connectivity index (χ0n) is 11.3. The van der Waals surface area contributed by atoms with Crippen LogP contribution in [0.5, 0.6) is 0 Å². The Bertz CT molecular complexity index is 667. The summed E-state index contributed by atoms with van der Waals surface area (Å²) >= 11 is 3.11. The third-order valence-corrected chi connectivity index (χ3v) is 4.99. The minimum absolute atomic E-state index is 0.0513. The van der Waals surface area contributed by atoms with E-state index < -0.39 is 22.0 Å². The average Bonchev–Trinajstić information content (AvgIpc) is 2.42. The molecule has 0 amide bonds. The molecule has 0 heterocycles. The first-order valence-corrected chi connectivity index (χ1v) is 8.54. The maximum absolute atomic E-state index is 12.3. The Morgan fingerprint density at radius 2 is 2.19 bits per heavy atom. The van der Waals surface area contributed by atoms with Crippen LogP contribution in [-0.2, 0) is 14.8 Å². The number of hydrogen-bond acceptors (Lipinski definition) is 4. The first-order chi connectivity index (χ1) is 9.83. The summed E-state index contributed by atoms with van der Waals surface area (Å²) in [6, 6.07) is 4.88. The summed E-state index contributed by atoms with van der Waals surface area (Å²) in [5.41, 5.74) is -0.0513. The van der Waals surface area contributed by atoms with Crippen LogP contribution in [0.1, 0.15) is 31.7 Å². The van der Waals surface area contributed by atoms with Gasteiger partial charge in [0, 0.05) is 4.47 Å². The number of sulfonamides is 1. The quantitative estimate of drug-likeness (QED) is 0.760. The number of nitrogens with zero attached hydrogens (tertiary/aromatic N) is 1. The fraction of sp³-hybridized carbons (Fsp3) is 0.385. The molecule has 0 saturated carbocycles. The van der Waals surface area contributed by atoms with E-state index in [2.05, 4.69) is 20.7 Å². The van der Waals surface area contributed by atoms with Crippen LogP contribution in [0.4, 0.5) is 0 Å². The van der Waals surface area contributed by atoms with E-state index in [1.807, 2.05) is 6.92 Å². The van der Waals surface area contributed by atoms with Gasteiger partial charge < -0.3 is 5.11 Å². The third kappa shape index (κ3) is 4.52. The Labute approximate surface area is 132 Å². The highest BCUT2D eigenvalue weighted by molar-refractivity contribution is 9.10. The molecule has 1 aromatic rings. The normalized spacial score (nSPS) is 12.6. The number of unbranched alkanes of at least 4 members (excludes halogenated alkanes) is 1. The Balaban J connectivity index is 3.14. The molecule has 0 fully saturated rings.